The minimum atomic E-state index is -0.0542. The molecule has 0 aromatic carbocycles. The van der Waals surface area contributed by atoms with Crippen molar-refractivity contribution in [3.05, 3.63) is 26.7 Å². The van der Waals surface area contributed by atoms with Crippen LogP contribution >= 0.6 is 22.9 Å². The molecule has 0 aliphatic heterocycles. The van der Waals surface area contributed by atoms with Crippen LogP contribution in [0.1, 0.15) is 53.6 Å². The molecule has 1 unspecified atom stereocenters. The molecule has 0 bridgehead atoms. The fourth-order valence-electron chi connectivity index (χ4n) is 2.55. The number of hydrogen-bond acceptors (Lipinski definition) is 5. The summed E-state index contributed by atoms with van der Waals surface area (Å²) in [5.74, 6) is 0.603. The van der Waals surface area contributed by atoms with Gasteiger partial charge in [-0.3, -0.25) is 9.89 Å². The number of H-pyrrole nitrogens is 1. The Balaban J connectivity index is 1.53. The van der Waals surface area contributed by atoms with Gasteiger partial charge >= 0.3 is 0 Å². The smallest absolute Gasteiger partial charge is 0.242 e. The predicted molar refractivity (Wildman–Crippen MR) is 85.0 cm³/mol. The summed E-state index contributed by atoms with van der Waals surface area (Å²) in [6, 6.07) is -0.0542. The number of amides is 1. The van der Waals surface area contributed by atoms with Crippen molar-refractivity contribution in [2.45, 2.75) is 51.5 Å². The summed E-state index contributed by atoms with van der Waals surface area (Å²) in [6.07, 6.45) is 5.50. The summed E-state index contributed by atoms with van der Waals surface area (Å²) in [5, 5.41) is 10.6. The van der Waals surface area contributed by atoms with E-state index in [9.17, 15) is 4.79 Å². The van der Waals surface area contributed by atoms with Crippen LogP contribution in [-0.2, 0) is 24.1 Å². The molecule has 1 aliphatic carbocycles. The van der Waals surface area contributed by atoms with Gasteiger partial charge in [-0.25, -0.2) is 9.97 Å². The molecule has 3 rings (SSSR count). The number of aromatic amines is 1. The minimum absolute atomic E-state index is 0.0202. The largest absolute Gasteiger partial charge is 0.347 e. The lowest BCUT2D eigenvalue weighted by atomic mass is 10.0. The molecule has 0 saturated heterocycles. The van der Waals surface area contributed by atoms with Gasteiger partial charge in [-0.1, -0.05) is 0 Å². The number of rotatable bonds is 5. The van der Waals surface area contributed by atoms with Crippen molar-refractivity contribution in [2.75, 3.05) is 0 Å². The van der Waals surface area contributed by atoms with Crippen molar-refractivity contribution in [1.82, 2.24) is 25.5 Å². The van der Waals surface area contributed by atoms with Crippen LogP contribution in [0.15, 0.2) is 0 Å². The number of halogens is 1. The summed E-state index contributed by atoms with van der Waals surface area (Å²) in [4.78, 5) is 22.1. The van der Waals surface area contributed by atoms with Crippen LogP contribution in [0.25, 0.3) is 0 Å². The molecule has 2 aromatic heterocycles. The van der Waals surface area contributed by atoms with Crippen LogP contribution in [0.5, 0.6) is 0 Å². The summed E-state index contributed by atoms with van der Waals surface area (Å²) in [7, 11) is 0. The molecule has 0 saturated carbocycles. The lowest BCUT2D eigenvalue weighted by Gasteiger charge is -2.10. The van der Waals surface area contributed by atoms with E-state index in [4.69, 9.17) is 11.6 Å². The van der Waals surface area contributed by atoms with E-state index in [-0.39, 0.29) is 17.2 Å². The standard InChI is InChI=1S/C14H18ClN5OS/c1-8(13-17-9-4-2-3-5-10(9)22-13)16-12(21)7-6-11-18-14(15)20-19-11/h8H,2-7H2,1H3,(H,16,21)(H,18,19,20). The molecule has 0 spiro atoms. The second-order valence-electron chi connectivity index (χ2n) is 5.47. The monoisotopic (exact) mass is 339 g/mol. The SMILES string of the molecule is CC(NC(=O)CCc1nc(Cl)n[nH]1)c1nc2c(s1)CCCC2. The molecule has 2 heterocycles. The quantitative estimate of drug-likeness (QED) is 0.877. The van der Waals surface area contributed by atoms with Gasteiger partial charge in [0, 0.05) is 17.7 Å². The molecular formula is C14H18ClN5OS. The third kappa shape index (κ3) is 3.64. The molecule has 1 aliphatic rings. The molecule has 1 atom stereocenters. The number of nitrogens with one attached hydrogen (secondary N) is 2. The molecule has 22 heavy (non-hydrogen) atoms. The maximum Gasteiger partial charge on any atom is 0.242 e. The number of hydrogen-bond donors (Lipinski definition) is 2. The first kappa shape index (κ1) is 15.4. The Hall–Kier alpha value is -1.47. The van der Waals surface area contributed by atoms with Gasteiger partial charge in [0.15, 0.2) is 0 Å². The van der Waals surface area contributed by atoms with Gasteiger partial charge < -0.3 is 5.32 Å². The van der Waals surface area contributed by atoms with E-state index in [0.29, 0.717) is 18.7 Å². The first-order chi connectivity index (χ1) is 10.6. The van der Waals surface area contributed by atoms with Crippen LogP contribution < -0.4 is 5.32 Å². The van der Waals surface area contributed by atoms with Crippen LogP contribution in [-0.4, -0.2) is 26.1 Å². The fraction of sp³-hybridized carbons (Fsp3) is 0.571. The molecule has 0 fully saturated rings. The van der Waals surface area contributed by atoms with Crippen LogP contribution in [0.2, 0.25) is 5.28 Å². The van der Waals surface area contributed by atoms with Gasteiger partial charge in [0.05, 0.1) is 11.7 Å². The molecule has 2 aromatic rings. The topological polar surface area (TPSA) is 83.6 Å². The number of carbonyl (C=O) groups is 1. The van der Waals surface area contributed by atoms with Crippen molar-refractivity contribution < 1.29 is 4.79 Å². The highest BCUT2D eigenvalue weighted by Crippen LogP contribution is 2.29. The van der Waals surface area contributed by atoms with Gasteiger partial charge in [0.25, 0.3) is 0 Å². The van der Waals surface area contributed by atoms with Crippen molar-refractivity contribution in [1.29, 1.82) is 0 Å². The highest BCUT2D eigenvalue weighted by atomic mass is 35.5. The number of aromatic nitrogens is 4. The van der Waals surface area contributed by atoms with Crippen molar-refractivity contribution in [3.63, 3.8) is 0 Å². The van der Waals surface area contributed by atoms with Gasteiger partial charge in [-0.05, 0) is 44.2 Å². The van der Waals surface area contributed by atoms with Crippen LogP contribution in [0, 0.1) is 0 Å². The number of carbonyl (C=O) groups excluding carboxylic acids is 1. The van der Waals surface area contributed by atoms with E-state index < -0.39 is 0 Å². The molecule has 118 valence electrons. The van der Waals surface area contributed by atoms with Gasteiger partial charge in [0.1, 0.15) is 10.8 Å². The zero-order valence-corrected chi connectivity index (χ0v) is 13.9. The average molecular weight is 340 g/mol. The summed E-state index contributed by atoms with van der Waals surface area (Å²) >= 11 is 7.36. The van der Waals surface area contributed by atoms with Crippen LogP contribution in [0.4, 0.5) is 0 Å². The number of fused-ring (bicyclic) bond motifs is 1. The number of nitrogens with zero attached hydrogens (tertiary/aromatic N) is 3. The molecule has 8 heteroatoms. The van der Waals surface area contributed by atoms with Gasteiger partial charge in [0.2, 0.25) is 11.2 Å². The van der Waals surface area contributed by atoms with E-state index in [0.717, 1.165) is 17.8 Å². The van der Waals surface area contributed by atoms with Crippen LogP contribution in [0.3, 0.4) is 0 Å². The summed E-state index contributed by atoms with van der Waals surface area (Å²) < 4.78 is 0. The zero-order valence-electron chi connectivity index (χ0n) is 12.4. The van der Waals surface area contributed by atoms with Crippen molar-refractivity contribution >= 4 is 28.8 Å². The van der Waals surface area contributed by atoms with Gasteiger partial charge in [-0.15, -0.1) is 16.4 Å². The summed E-state index contributed by atoms with van der Waals surface area (Å²) in [5.41, 5.74) is 1.23. The van der Waals surface area contributed by atoms with E-state index in [1.165, 1.54) is 23.4 Å². The summed E-state index contributed by atoms with van der Waals surface area (Å²) in [6.45, 7) is 1.98. The predicted octanol–water partition coefficient (Wildman–Crippen LogP) is 2.60. The average Bonchev–Trinajstić information content (AvgIpc) is 3.11. The minimum Gasteiger partial charge on any atom is -0.347 e. The Labute approximate surface area is 137 Å². The van der Waals surface area contributed by atoms with E-state index >= 15 is 0 Å². The maximum absolute atomic E-state index is 12.0. The molecule has 2 N–H and O–H groups in total. The highest BCUT2D eigenvalue weighted by molar-refractivity contribution is 7.11. The Kier molecular flexibility index (Phi) is 4.73. The Bertz CT molecular complexity index is 644. The van der Waals surface area contributed by atoms with Gasteiger partial charge in [-0.2, -0.15) is 0 Å². The van der Waals surface area contributed by atoms with E-state index in [2.05, 4.69) is 25.5 Å². The highest BCUT2D eigenvalue weighted by Gasteiger charge is 2.19. The lowest BCUT2D eigenvalue weighted by Crippen LogP contribution is -2.26. The first-order valence-electron chi connectivity index (χ1n) is 7.46. The second kappa shape index (κ2) is 6.75. The number of aryl methyl sites for hydroxylation is 3. The molecule has 1 amide bonds. The second-order valence-corrected chi connectivity index (χ2v) is 6.92. The third-order valence-corrected chi connectivity index (χ3v) is 5.21. The van der Waals surface area contributed by atoms with Crippen molar-refractivity contribution in [3.8, 4) is 0 Å². The Morgan fingerprint density at radius 2 is 2.23 bits per heavy atom. The van der Waals surface area contributed by atoms with E-state index in [1.54, 1.807) is 11.3 Å². The normalized spacial score (nSPS) is 15.4. The maximum atomic E-state index is 12.0. The lowest BCUT2D eigenvalue weighted by molar-refractivity contribution is -0.121. The van der Waals surface area contributed by atoms with Crippen molar-refractivity contribution in [2.24, 2.45) is 0 Å². The Morgan fingerprint density at radius 1 is 1.41 bits per heavy atom. The number of thiazole rings is 1. The third-order valence-electron chi connectivity index (χ3n) is 3.70. The fourth-order valence-corrected chi connectivity index (χ4v) is 3.85. The molecule has 6 nitrogen and oxygen atoms in total. The molecule has 0 radical (unpaired) electrons. The van der Waals surface area contributed by atoms with E-state index in [1.807, 2.05) is 6.92 Å². The zero-order chi connectivity index (χ0) is 15.5. The molecular weight excluding hydrogens is 322 g/mol. The Morgan fingerprint density at radius 3 is 2.95 bits per heavy atom. The first-order valence-corrected chi connectivity index (χ1v) is 8.66.